The quantitative estimate of drug-likeness (QED) is 0.638. The lowest BCUT2D eigenvalue weighted by atomic mass is 10.1. The van der Waals surface area contributed by atoms with E-state index in [9.17, 15) is 9.59 Å². The molecule has 20 heavy (non-hydrogen) atoms. The topological polar surface area (TPSA) is 95.4 Å². The number of ether oxygens (including phenoxy) is 1. The SMILES string of the molecule is NC(=O)c1ccc(C(C=O)Oc2ccc(N)cc2)cc1. The van der Waals surface area contributed by atoms with Gasteiger partial charge in [-0.15, -0.1) is 0 Å². The Hall–Kier alpha value is -2.82. The summed E-state index contributed by atoms with van der Waals surface area (Å²) >= 11 is 0. The van der Waals surface area contributed by atoms with E-state index in [0.29, 0.717) is 28.8 Å². The highest BCUT2D eigenvalue weighted by Gasteiger charge is 2.12. The standard InChI is InChI=1S/C15H14N2O3/c16-12-5-7-13(8-6-12)20-14(9-18)10-1-3-11(4-2-10)15(17)19/h1-9,14H,16H2,(H2,17,19). The molecule has 0 aliphatic rings. The van der Waals surface area contributed by atoms with E-state index < -0.39 is 12.0 Å². The van der Waals surface area contributed by atoms with Crippen molar-refractivity contribution < 1.29 is 14.3 Å². The van der Waals surface area contributed by atoms with Crippen molar-refractivity contribution in [1.82, 2.24) is 0 Å². The van der Waals surface area contributed by atoms with E-state index in [1.807, 2.05) is 0 Å². The monoisotopic (exact) mass is 270 g/mol. The molecule has 102 valence electrons. The Kier molecular flexibility index (Phi) is 4.00. The third-order valence-corrected chi connectivity index (χ3v) is 2.79. The molecule has 0 saturated carbocycles. The second kappa shape index (κ2) is 5.88. The van der Waals surface area contributed by atoms with Crippen LogP contribution in [0.4, 0.5) is 5.69 Å². The summed E-state index contributed by atoms with van der Waals surface area (Å²) in [7, 11) is 0. The van der Waals surface area contributed by atoms with Gasteiger partial charge in [0.2, 0.25) is 5.91 Å². The summed E-state index contributed by atoms with van der Waals surface area (Å²) in [5, 5.41) is 0. The van der Waals surface area contributed by atoms with Crippen LogP contribution in [0.25, 0.3) is 0 Å². The highest BCUT2D eigenvalue weighted by Crippen LogP contribution is 2.21. The summed E-state index contributed by atoms with van der Waals surface area (Å²) in [6, 6.07) is 13.1. The van der Waals surface area contributed by atoms with Gasteiger partial charge in [0.05, 0.1) is 0 Å². The lowest BCUT2D eigenvalue weighted by Gasteiger charge is -2.14. The van der Waals surface area contributed by atoms with Gasteiger partial charge in [0.25, 0.3) is 0 Å². The predicted octanol–water partition coefficient (Wildman–Crippen LogP) is 1.69. The van der Waals surface area contributed by atoms with E-state index in [0.717, 1.165) is 0 Å². The lowest BCUT2D eigenvalue weighted by molar-refractivity contribution is -0.113. The molecule has 4 N–H and O–H groups in total. The zero-order valence-electron chi connectivity index (χ0n) is 10.7. The number of nitrogen functional groups attached to an aromatic ring is 1. The first-order valence-corrected chi connectivity index (χ1v) is 5.97. The van der Waals surface area contributed by atoms with Crippen molar-refractivity contribution >= 4 is 17.9 Å². The number of anilines is 1. The molecular weight excluding hydrogens is 256 g/mol. The third kappa shape index (κ3) is 3.14. The van der Waals surface area contributed by atoms with Crippen molar-refractivity contribution in [2.75, 3.05) is 5.73 Å². The van der Waals surface area contributed by atoms with Crippen LogP contribution in [0.2, 0.25) is 0 Å². The maximum absolute atomic E-state index is 11.2. The smallest absolute Gasteiger partial charge is 0.248 e. The van der Waals surface area contributed by atoms with Crippen molar-refractivity contribution in [3.63, 3.8) is 0 Å². The van der Waals surface area contributed by atoms with Crippen LogP contribution in [0.15, 0.2) is 48.5 Å². The molecule has 0 spiro atoms. The minimum atomic E-state index is -0.749. The highest BCUT2D eigenvalue weighted by atomic mass is 16.5. The summed E-state index contributed by atoms with van der Waals surface area (Å²) in [5.74, 6) is 0.0222. The van der Waals surface area contributed by atoms with E-state index in [4.69, 9.17) is 16.2 Å². The maximum atomic E-state index is 11.2. The number of hydrogen-bond donors (Lipinski definition) is 2. The van der Waals surface area contributed by atoms with Gasteiger partial charge in [-0.25, -0.2) is 0 Å². The van der Waals surface area contributed by atoms with Crippen LogP contribution < -0.4 is 16.2 Å². The molecule has 1 unspecified atom stereocenters. The number of amides is 1. The van der Waals surface area contributed by atoms with Crippen molar-refractivity contribution in [3.8, 4) is 5.75 Å². The second-order valence-corrected chi connectivity index (χ2v) is 4.23. The molecule has 2 rings (SSSR count). The normalized spacial score (nSPS) is 11.6. The van der Waals surface area contributed by atoms with Crippen LogP contribution >= 0.6 is 0 Å². The molecular formula is C15H14N2O3. The number of hydrogen-bond acceptors (Lipinski definition) is 4. The molecule has 0 bridgehead atoms. The van der Waals surface area contributed by atoms with Gasteiger partial charge < -0.3 is 16.2 Å². The second-order valence-electron chi connectivity index (χ2n) is 4.23. The van der Waals surface area contributed by atoms with Gasteiger partial charge in [0.15, 0.2) is 12.4 Å². The Morgan fingerprint density at radius 3 is 2.15 bits per heavy atom. The molecule has 0 aliphatic heterocycles. The molecule has 5 nitrogen and oxygen atoms in total. The summed E-state index contributed by atoms with van der Waals surface area (Å²) in [6.07, 6.45) is -0.0594. The number of nitrogens with two attached hydrogens (primary N) is 2. The van der Waals surface area contributed by atoms with Gasteiger partial charge in [0, 0.05) is 11.3 Å². The van der Waals surface area contributed by atoms with Gasteiger partial charge in [-0.2, -0.15) is 0 Å². The molecule has 2 aromatic rings. The molecule has 5 heteroatoms. The molecule has 2 aromatic carbocycles. The van der Waals surface area contributed by atoms with Gasteiger partial charge >= 0.3 is 0 Å². The lowest BCUT2D eigenvalue weighted by Crippen LogP contribution is -2.12. The summed E-state index contributed by atoms with van der Waals surface area (Å²) in [5.41, 5.74) is 12.4. The largest absolute Gasteiger partial charge is 0.478 e. The third-order valence-electron chi connectivity index (χ3n) is 2.79. The molecule has 0 fully saturated rings. The van der Waals surface area contributed by atoms with Crippen LogP contribution in [-0.2, 0) is 4.79 Å². The van der Waals surface area contributed by atoms with Crippen molar-refractivity contribution in [2.24, 2.45) is 5.73 Å². The fourth-order valence-corrected chi connectivity index (χ4v) is 1.70. The van der Waals surface area contributed by atoms with Crippen LogP contribution in [0.3, 0.4) is 0 Å². The maximum Gasteiger partial charge on any atom is 0.248 e. The molecule has 0 heterocycles. The Balaban J connectivity index is 2.17. The number of carbonyl (C=O) groups excluding carboxylic acids is 2. The number of primary amides is 1. The first-order valence-electron chi connectivity index (χ1n) is 5.97. The van der Waals surface area contributed by atoms with Crippen LogP contribution in [0.1, 0.15) is 22.0 Å². The van der Waals surface area contributed by atoms with Gasteiger partial charge in [-0.1, -0.05) is 12.1 Å². The van der Waals surface area contributed by atoms with E-state index in [-0.39, 0.29) is 0 Å². The zero-order valence-corrected chi connectivity index (χ0v) is 10.7. The highest BCUT2D eigenvalue weighted by molar-refractivity contribution is 5.92. The summed E-state index contributed by atoms with van der Waals surface area (Å²) < 4.78 is 5.57. The fraction of sp³-hybridized carbons (Fsp3) is 0.0667. The molecule has 0 saturated heterocycles. The number of benzene rings is 2. The summed E-state index contributed by atoms with van der Waals surface area (Å²) in [6.45, 7) is 0. The zero-order chi connectivity index (χ0) is 14.5. The number of rotatable bonds is 5. The minimum absolute atomic E-state index is 0.380. The van der Waals surface area contributed by atoms with Crippen molar-refractivity contribution in [1.29, 1.82) is 0 Å². The van der Waals surface area contributed by atoms with E-state index in [2.05, 4.69) is 0 Å². The van der Waals surface area contributed by atoms with Gasteiger partial charge in [0.1, 0.15) is 5.75 Å². The Labute approximate surface area is 116 Å². The first kappa shape index (κ1) is 13.6. The Morgan fingerprint density at radius 2 is 1.65 bits per heavy atom. The average Bonchev–Trinajstić information content (AvgIpc) is 2.47. The van der Waals surface area contributed by atoms with E-state index >= 15 is 0 Å². The molecule has 0 aromatic heterocycles. The van der Waals surface area contributed by atoms with Crippen LogP contribution in [0, 0.1) is 0 Å². The first-order chi connectivity index (χ1) is 9.60. The number of aldehydes is 1. The molecule has 1 atom stereocenters. The summed E-state index contributed by atoms with van der Waals surface area (Å²) in [4.78, 5) is 22.1. The fourth-order valence-electron chi connectivity index (χ4n) is 1.70. The predicted molar refractivity (Wildman–Crippen MR) is 75.2 cm³/mol. The molecule has 0 aliphatic carbocycles. The average molecular weight is 270 g/mol. The van der Waals surface area contributed by atoms with Gasteiger partial charge in [-0.3, -0.25) is 9.59 Å². The molecule has 0 radical (unpaired) electrons. The Morgan fingerprint density at radius 1 is 1.05 bits per heavy atom. The van der Waals surface area contributed by atoms with Gasteiger partial charge in [-0.05, 0) is 42.0 Å². The van der Waals surface area contributed by atoms with Crippen LogP contribution in [-0.4, -0.2) is 12.2 Å². The van der Waals surface area contributed by atoms with Crippen molar-refractivity contribution in [2.45, 2.75) is 6.10 Å². The molecule has 1 amide bonds. The van der Waals surface area contributed by atoms with E-state index in [1.54, 1.807) is 48.5 Å². The van der Waals surface area contributed by atoms with E-state index in [1.165, 1.54) is 0 Å². The van der Waals surface area contributed by atoms with Crippen molar-refractivity contribution in [3.05, 3.63) is 59.7 Å². The Bertz CT molecular complexity index is 606. The minimum Gasteiger partial charge on any atom is -0.478 e. The van der Waals surface area contributed by atoms with Crippen LogP contribution in [0.5, 0.6) is 5.75 Å². The number of carbonyl (C=O) groups is 2.